The predicted molar refractivity (Wildman–Crippen MR) is 77.9 cm³/mol. The second-order valence-corrected chi connectivity index (χ2v) is 6.75. The molecule has 0 spiro atoms. The highest BCUT2D eigenvalue weighted by Crippen LogP contribution is 2.54. The third kappa shape index (κ3) is 2.16. The number of benzene rings is 1. The van der Waals surface area contributed by atoms with Crippen molar-refractivity contribution in [2.45, 2.75) is 31.6 Å². The molecule has 0 amide bonds. The summed E-state index contributed by atoms with van der Waals surface area (Å²) in [5.41, 5.74) is 7.44. The molecule has 0 saturated heterocycles. The predicted octanol–water partition coefficient (Wildman–Crippen LogP) is 3.64. The van der Waals surface area contributed by atoms with Gasteiger partial charge in [0.05, 0.1) is 5.92 Å². The van der Waals surface area contributed by atoms with Gasteiger partial charge in [-0.25, -0.2) is 0 Å². The molecule has 1 aromatic rings. The van der Waals surface area contributed by atoms with Crippen molar-refractivity contribution in [1.29, 1.82) is 0 Å². The third-order valence-electron chi connectivity index (χ3n) is 4.91. The van der Waals surface area contributed by atoms with Crippen LogP contribution in [0.4, 0.5) is 5.69 Å². The van der Waals surface area contributed by atoms with Crippen LogP contribution in [0.5, 0.6) is 0 Å². The Bertz CT molecular complexity index is 517. The van der Waals surface area contributed by atoms with Crippen molar-refractivity contribution >= 4 is 27.6 Å². The summed E-state index contributed by atoms with van der Waals surface area (Å²) in [5.74, 6) is 0.387. The minimum absolute atomic E-state index is 0.257. The van der Waals surface area contributed by atoms with Gasteiger partial charge in [-0.3, -0.25) is 4.79 Å². The van der Waals surface area contributed by atoms with Crippen molar-refractivity contribution < 1.29 is 9.90 Å². The molecule has 2 aliphatic carbocycles. The molecule has 3 nitrogen and oxygen atoms in total. The molecule has 2 aliphatic rings. The average Bonchev–Trinajstić information content (AvgIpc) is 2.97. The van der Waals surface area contributed by atoms with Gasteiger partial charge >= 0.3 is 5.97 Å². The molecule has 3 N–H and O–H groups in total. The topological polar surface area (TPSA) is 63.3 Å². The molecule has 4 atom stereocenters. The molecular weight excluding hydrogens is 306 g/mol. The maximum atomic E-state index is 11.8. The van der Waals surface area contributed by atoms with Gasteiger partial charge in [-0.05, 0) is 64.6 Å². The molecule has 4 heteroatoms. The van der Waals surface area contributed by atoms with Gasteiger partial charge in [0.25, 0.3) is 0 Å². The van der Waals surface area contributed by atoms with E-state index in [2.05, 4.69) is 15.9 Å². The molecule has 0 radical (unpaired) electrons. The van der Waals surface area contributed by atoms with Crippen LogP contribution in [0, 0.1) is 17.8 Å². The number of nitrogen functional groups attached to an aromatic ring is 1. The lowest BCUT2D eigenvalue weighted by Crippen LogP contribution is -2.26. The number of para-hydroxylation sites is 1. The lowest BCUT2D eigenvalue weighted by molar-refractivity contribution is -0.140. The van der Waals surface area contributed by atoms with Gasteiger partial charge < -0.3 is 10.8 Å². The van der Waals surface area contributed by atoms with E-state index < -0.39 is 11.9 Å². The van der Waals surface area contributed by atoms with E-state index in [1.54, 1.807) is 0 Å². The van der Waals surface area contributed by atoms with E-state index in [0.717, 1.165) is 22.4 Å². The molecule has 1 aromatic carbocycles. The first kappa shape index (κ1) is 13.0. The molecule has 0 aliphatic heterocycles. The van der Waals surface area contributed by atoms with Gasteiger partial charge in [-0.15, -0.1) is 0 Å². The van der Waals surface area contributed by atoms with Crippen LogP contribution in [0.1, 0.15) is 37.2 Å². The van der Waals surface area contributed by atoms with Gasteiger partial charge in [0, 0.05) is 10.2 Å². The van der Waals surface area contributed by atoms with Crippen LogP contribution in [0.25, 0.3) is 0 Å². The second kappa shape index (κ2) is 4.82. The zero-order chi connectivity index (χ0) is 13.6. The Balaban J connectivity index is 1.97. The van der Waals surface area contributed by atoms with Crippen molar-refractivity contribution in [3.63, 3.8) is 0 Å². The van der Waals surface area contributed by atoms with Crippen molar-refractivity contribution in [3.05, 3.63) is 28.2 Å². The van der Waals surface area contributed by atoms with E-state index in [-0.39, 0.29) is 5.92 Å². The van der Waals surface area contributed by atoms with E-state index in [0.29, 0.717) is 11.6 Å². The summed E-state index contributed by atoms with van der Waals surface area (Å²) in [4.78, 5) is 11.8. The Morgan fingerprint density at radius 1 is 1.37 bits per heavy atom. The number of carboxylic acid groups (broad SMARTS) is 1. The number of hydrogen-bond acceptors (Lipinski definition) is 2. The van der Waals surface area contributed by atoms with E-state index in [1.807, 2.05) is 18.2 Å². The molecule has 4 unspecified atom stereocenters. The molecule has 19 heavy (non-hydrogen) atoms. The molecule has 0 aromatic heterocycles. The number of hydrogen-bond donors (Lipinski definition) is 2. The number of aliphatic carboxylic acids is 1. The minimum Gasteiger partial charge on any atom is -0.481 e. The Morgan fingerprint density at radius 2 is 2.16 bits per heavy atom. The Hall–Kier alpha value is -1.03. The van der Waals surface area contributed by atoms with Crippen LogP contribution in [-0.4, -0.2) is 11.1 Å². The first-order valence-electron chi connectivity index (χ1n) is 6.84. The average molecular weight is 324 g/mol. The number of fused-ring (bicyclic) bond motifs is 2. The fourth-order valence-electron chi connectivity index (χ4n) is 4.07. The summed E-state index contributed by atoms with van der Waals surface area (Å²) in [6.07, 6.45) is 4.73. The zero-order valence-electron chi connectivity index (χ0n) is 10.7. The van der Waals surface area contributed by atoms with Crippen molar-refractivity contribution in [2.24, 2.45) is 17.8 Å². The van der Waals surface area contributed by atoms with Gasteiger partial charge in [0.1, 0.15) is 0 Å². The van der Waals surface area contributed by atoms with Crippen LogP contribution < -0.4 is 5.73 Å². The highest BCUT2D eigenvalue weighted by Gasteiger charge is 2.46. The lowest BCUT2D eigenvalue weighted by Gasteiger charge is -2.29. The highest BCUT2D eigenvalue weighted by atomic mass is 79.9. The first-order chi connectivity index (χ1) is 9.08. The van der Waals surface area contributed by atoms with Crippen LogP contribution in [0.15, 0.2) is 22.7 Å². The Morgan fingerprint density at radius 3 is 2.74 bits per heavy atom. The number of carbonyl (C=O) groups is 1. The highest BCUT2D eigenvalue weighted by molar-refractivity contribution is 9.10. The smallest absolute Gasteiger partial charge is 0.311 e. The standard InChI is InChI=1S/C15H18BrNO2/c16-12-3-1-2-10(14(12)17)13(15(18)19)11-7-8-4-5-9(11)6-8/h1-3,8-9,11,13H,4-7,17H2,(H,18,19). The minimum atomic E-state index is -0.734. The molecule has 2 saturated carbocycles. The van der Waals surface area contributed by atoms with Crippen LogP contribution in [0.2, 0.25) is 0 Å². The maximum Gasteiger partial charge on any atom is 0.311 e. The van der Waals surface area contributed by atoms with Gasteiger partial charge in [0.2, 0.25) is 0 Å². The van der Waals surface area contributed by atoms with Crippen molar-refractivity contribution in [2.75, 3.05) is 5.73 Å². The summed E-state index contributed by atoms with van der Waals surface area (Å²) >= 11 is 3.40. The monoisotopic (exact) mass is 323 g/mol. The number of nitrogens with two attached hydrogens (primary N) is 1. The normalized spacial score (nSPS) is 30.5. The van der Waals surface area contributed by atoms with Crippen molar-refractivity contribution in [3.8, 4) is 0 Å². The summed E-state index contributed by atoms with van der Waals surface area (Å²) in [6, 6.07) is 5.60. The first-order valence-corrected chi connectivity index (χ1v) is 7.64. The fraction of sp³-hybridized carbons (Fsp3) is 0.533. The van der Waals surface area contributed by atoms with Crippen LogP contribution in [0.3, 0.4) is 0 Å². The van der Waals surface area contributed by atoms with Gasteiger partial charge in [-0.1, -0.05) is 18.6 Å². The summed E-state index contributed by atoms with van der Waals surface area (Å²) in [7, 11) is 0. The summed E-state index contributed by atoms with van der Waals surface area (Å²) in [6.45, 7) is 0. The molecule has 0 heterocycles. The molecule has 2 fully saturated rings. The third-order valence-corrected chi connectivity index (χ3v) is 5.60. The zero-order valence-corrected chi connectivity index (χ0v) is 12.3. The van der Waals surface area contributed by atoms with Crippen molar-refractivity contribution in [1.82, 2.24) is 0 Å². The van der Waals surface area contributed by atoms with Gasteiger partial charge in [-0.2, -0.15) is 0 Å². The van der Waals surface area contributed by atoms with E-state index in [4.69, 9.17) is 5.73 Å². The number of anilines is 1. The quantitative estimate of drug-likeness (QED) is 0.835. The Kier molecular flexibility index (Phi) is 3.29. The van der Waals surface area contributed by atoms with E-state index in [1.165, 1.54) is 19.3 Å². The van der Waals surface area contributed by atoms with Crippen LogP contribution in [-0.2, 0) is 4.79 Å². The summed E-state index contributed by atoms with van der Waals surface area (Å²) in [5, 5.41) is 9.66. The van der Waals surface area contributed by atoms with E-state index >= 15 is 0 Å². The molecule has 102 valence electrons. The lowest BCUT2D eigenvalue weighted by atomic mass is 9.76. The number of carboxylic acids is 1. The largest absolute Gasteiger partial charge is 0.481 e. The Labute approximate surface area is 121 Å². The molecule has 2 bridgehead atoms. The molecule has 3 rings (SSSR count). The molecular formula is C15H18BrNO2. The number of rotatable bonds is 3. The maximum absolute atomic E-state index is 11.8. The van der Waals surface area contributed by atoms with Gasteiger partial charge in [0.15, 0.2) is 0 Å². The SMILES string of the molecule is Nc1c(Br)cccc1C(C(=O)O)C1CC2CCC1C2. The van der Waals surface area contributed by atoms with E-state index in [9.17, 15) is 9.90 Å². The second-order valence-electron chi connectivity index (χ2n) is 5.90. The van der Waals surface area contributed by atoms with Crippen LogP contribution >= 0.6 is 15.9 Å². The summed E-state index contributed by atoms with van der Waals surface area (Å²) < 4.78 is 0.791. The number of halogens is 1. The fourth-order valence-corrected chi connectivity index (χ4v) is 4.46.